The van der Waals surface area contributed by atoms with E-state index in [1.165, 1.54) is 0 Å². The summed E-state index contributed by atoms with van der Waals surface area (Å²) in [5, 5.41) is 7.15. The topological polar surface area (TPSA) is 60.7 Å². The minimum atomic E-state index is -0.503. The van der Waals surface area contributed by atoms with Gasteiger partial charge in [-0.2, -0.15) is 0 Å². The van der Waals surface area contributed by atoms with Crippen molar-refractivity contribution in [1.82, 2.24) is 4.57 Å². The first-order valence-corrected chi connectivity index (χ1v) is 16.7. The van der Waals surface area contributed by atoms with E-state index in [1.54, 1.807) is 36.0 Å². The van der Waals surface area contributed by atoms with Crippen LogP contribution in [0, 0.1) is 6.92 Å². The Morgan fingerprint density at radius 2 is 1.43 bits per heavy atom. The number of carbonyl (C=O) groups is 2. The monoisotopic (exact) mass is 644 g/mol. The maximum atomic E-state index is 13.5. The van der Waals surface area contributed by atoms with Gasteiger partial charge in [0.1, 0.15) is 0 Å². The highest BCUT2D eigenvalue weighted by molar-refractivity contribution is 7.99. The predicted molar refractivity (Wildman–Crippen MR) is 190 cm³/mol. The molecule has 230 valence electrons. The smallest absolute Gasteiger partial charge is 0.341 e. The minimum absolute atomic E-state index is 0.00168. The first-order chi connectivity index (χ1) is 22.4. The van der Waals surface area contributed by atoms with Gasteiger partial charge in [0.2, 0.25) is 0 Å². The number of carbonyl (C=O) groups excluding carboxylic acids is 2. The van der Waals surface area contributed by atoms with E-state index in [0.717, 1.165) is 56.5 Å². The molecule has 0 unspecified atom stereocenters. The number of aryl methyl sites for hydroxylation is 2. The number of ketones is 1. The van der Waals surface area contributed by atoms with Gasteiger partial charge in [0, 0.05) is 55.0 Å². The van der Waals surface area contributed by atoms with Crippen molar-refractivity contribution in [1.29, 1.82) is 0 Å². The van der Waals surface area contributed by atoms with Crippen LogP contribution in [0.2, 0.25) is 5.02 Å². The van der Waals surface area contributed by atoms with E-state index in [9.17, 15) is 9.59 Å². The third-order valence-electron chi connectivity index (χ3n) is 8.05. The predicted octanol–water partition coefficient (Wildman–Crippen LogP) is 10.1. The number of rotatable bonds is 11. The lowest BCUT2D eigenvalue weighted by Crippen LogP contribution is -2.07. The van der Waals surface area contributed by atoms with Crippen molar-refractivity contribution in [3.63, 3.8) is 0 Å². The minimum Gasteiger partial charge on any atom is -0.341 e. The van der Waals surface area contributed by atoms with E-state index in [-0.39, 0.29) is 5.78 Å². The molecule has 5 nitrogen and oxygen atoms in total. The second kappa shape index (κ2) is 14.2. The largest absolute Gasteiger partial charge is 0.365 e. The highest BCUT2D eigenvalue weighted by Gasteiger charge is 2.17. The molecule has 0 N–H and O–H groups in total. The van der Waals surface area contributed by atoms with Crippen molar-refractivity contribution in [2.45, 2.75) is 38.1 Å². The van der Waals surface area contributed by atoms with Crippen LogP contribution in [0.25, 0.3) is 21.8 Å². The van der Waals surface area contributed by atoms with Gasteiger partial charge in [-0.3, -0.25) is 4.79 Å². The Hall–Kier alpha value is -4.65. The number of fused-ring (bicyclic) bond motifs is 3. The summed E-state index contributed by atoms with van der Waals surface area (Å²) in [4.78, 5) is 33.0. The molecule has 0 spiro atoms. The van der Waals surface area contributed by atoms with E-state index >= 15 is 0 Å². The fourth-order valence-electron chi connectivity index (χ4n) is 5.68. The van der Waals surface area contributed by atoms with Crippen molar-refractivity contribution in [2.24, 2.45) is 5.16 Å². The van der Waals surface area contributed by atoms with Crippen LogP contribution in [0.1, 0.15) is 57.2 Å². The molecule has 0 bridgehead atoms. The summed E-state index contributed by atoms with van der Waals surface area (Å²) in [6.07, 6.45) is 1.43. The van der Waals surface area contributed by atoms with Gasteiger partial charge in [-0.05, 0) is 105 Å². The second-order valence-electron chi connectivity index (χ2n) is 11.0. The Morgan fingerprint density at radius 3 is 2.13 bits per heavy atom. The summed E-state index contributed by atoms with van der Waals surface area (Å²) in [6.45, 7) is 4.86. The van der Waals surface area contributed by atoms with Crippen LogP contribution in [0.4, 0.5) is 0 Å². The standard InChI is InChI=1S/C39H33ClN2O3S/c1-3-42-36-21-15-28(24-33(36)34-25-29(16-22-37(34)42)38(43)32-13-8-7-10-26(32)2)35(41-45-39(44)27-11-5-4-6-12-27)14-9-23-46-31-19-17-30(40)18-20-31/h4-8,10-13,15-22,24-25H,3,9,14,23H2,1-2H3/b41-35+. The maximum absolute atomic E-state index is 13.5. The van der Waals surface area contributed by atoms with Crippen LogP contribution in [0.15, 0.2) is 125 Å². The molecule has 1 heterocycles. The molecule has 0 aliphatic rings. The summed E-state index contributed by atoms with van der Waals surface area (Å²) in [5.74, 6) is 0.355. The van der Waals surface area contributed by atoms with Crippen molar-refractivity contribution < 1.29 is 14.4 Å². The molecule has 0 atom stereocenters. The number of thioether (sulfide) groups is 1. The third kappa shape index (κ3) is 6.79. The van der Waals surface area contributed by atoms with Crippen LogP contribution >= 0.6 is 23.4 Å². The van der Waals surface area contributed by atoms with Crippen LogP contribution in [-0.4, -0.2) is 27.8 Å². The van der Waals surface area contributed by atoms with Crippen molar-refractivity contribution in [3.8, 4) is 0 Å². The Balaban J connectivity index is 1.35. The number of aromatic nitrogens is 1. The second-order valence-corrected chi connectivity index (χ2v) is 12.6. The normalized spacial score (nSPS) is 11.7. The van der Waals surface area contributed by atoms with Gasteiger partial charge < -0.3 is 9.40 Å². The zero-order valence-corrected chi connectivity index (χ0v) is 27.3. The molecule has 0 aliphatic carbocycles. The lowest BCUT2D eigenvalue weighted by molar-refractivity contribution is 0.0515. The summed E-state index contributed by atoms with van der Waals surface area (Å²) in [7, 11) is 0. The number of benzene rings is 5. The summed E-state index contributed by atoms with van der Waals surface area (Å²) < 4.78 is 2.26. The van der Waals surface area contributed by atoms with Crippen molar-refractivity contribution in [3.05, 3.63) is 148 Å². The van der Waals surface area contributed by atoms with E-state index in [1.807, 2.05) is 85.8 Å². The first kappa shape index (κ1) is 31.3. The van der Waals surface area contributed by atoms with Crippen LogP contribution in [-0.2, 0) is 11.4 Å². The quantitative estimate of drug-likeness (QED) is 0.0352. The van der Waals surface area contributed by atoms with Gasteiger partial charge >= 0.3 is 5.97 Å². The molecule has 0 aliphatic heterocycles. The molecule has 5 aromatic carbocycles. The van der Waals surface area contributed by atoms with E-state index in [0.29, 0.717) is 33.8 Å². The van der Waals surface area contributed by atoms with E-state index in [2.05, 4.69) is 28.8 Å². The molecule has 0 saturated heterocycles. The molecule has 6 rings (SSSR count). The molecule has 0 radical (unpaired) electrons. The van der Waals surface area contributed by atoms with Gasteiger partial charge in [0.05, 0.1) is 11.3 Å². The molecule has 0 amide bonds. The lowest BCUT2D eigenvalue weighted by atomic mass is 9.97. The Labute approximate surface area is 277 Å². The van der Waals surface area contributed by atoms with Gasteiger partial charge in [-0.15, -0.1) is 11.8 Å². The van der Waals surface area contributed by atoms with E-state index in [4.69, 9.17) is 16.4 Å². The summed E-state index contributed by atoms with van der Waals surface area (Å²) >= 11 is 7.79. The average Bonchev–Trinajstić information content (AvgIpc) is 3.41. The van der Waals surface area contributed by atoms with Crippen LogP contribution in [0.5, 0.6) is 0 Å². The lowest BCUT2D eigenvalue weighted by Gasteiger charge is -2.09. The Kier molecular flexibility index (Phi) is 9.67. The van der Waals surface area contributed by atoms with Gasteiger partial charge in [-0.25, -0.2) is 4.79 Å². The van der Waals surface area contributed by atoms with Gasteiger partial charge in [-0.1, -0.05) is 65.3 Å². The molecule has 0 saturated carbocycles. The molecule has 46 heavy (non-hydrogen) atoms. The zero-order valence-electron chi connectivity index (χ0n) is 25.7. The fraction of sp³-hybridized carbons (Fsp3) is 0.154. The highest BCUT2D eigenvalue weighted by atomic mass is 35.5. The average molecular weight is 645 g/mol. The molecule has 1 aromatic heterocycles. The number of nitrogens with zero attached hydrogens (tertiary/aromatic N) is 2. The first-order valence-electron chi connectivity index (χ1n) is 15.3. The molecular formula is C39H33ClN2O3S. The molecular weight excluding hydrogens is 612 g/mol. The van der Waals surface area contributed by atoms with Gasteiger partial charge in [0.15, 0.2) is 5.78 Å². The number of oxime groups is 1. The molecule has 6 aromatic rings. The zero-order chi connectivity index (χ0) is 32.0. The highest BCUT2D eigenvalue weighted by Crippen LogP contribution is 2.32. The summed E-state index contributed by atoms with van der Waals surface area (Å²) in [6, 6.07) is 36.5. The van der Waals surface area contributed by atoms with Crippen LogP contribution in [0.3, 0.4) is 0 Å². The SMILES string of the molecule is CCn1c2ccc(C(=O)c3ccccc3C)cc2c2cc(/C(CCCSc3ccc(Cl)cc3)=N/OC(=O)c3ccccc3)ccc21. The number of hydrogen-bond acceptors (Lipinski definition) is 5. The molecule has 7 heteroatoms. The molecule has 0 fully saturated rings. The summed E-state index contributed by atoms with van der Waals surface area (Å²) in [5.41, 5.74) is 6.43. The maximum Gasteiger partial charge on any atom is 0.365 e. The van der Waals surface area contributed by atoms with Gasteiger partial charge in [0.25, 0.3) is 0 Å². The number of halogens is 1. The van der Waals surface area contributed by atoms with E-state index < -0.39 is 5.97 Å². The Morgan fingerprint density at radius 1 is 0.783 bits per heavy atom. The third-order valence-corrected chi connectivity index (χ3v) is 9.41. The van der Waals surface area contributed by atoms with Crippen molar-refractivity contribution >= 4 is 62.6 Å². The fourth-order valence-corrected chi connectivity index (χ4v) is 6.65. The number of hydrogen-bond donors (Lipinski definition) is 0. The van der Waals surface area contributed by atoms with Crippen molar-refractivity contribution in [2.75, 3.05) is 5.75 Å². The Bertz CT molecular complexity index is 2070. The van der Waals surface area contributed by atoms with Crippen LogP contribution < -0.4 is 0 Å².